The number of ether oxygens (including phenoxy) is 2. The van der Waals surface area contributed by atoms with Gasteiger partial charge in [-0.05, 0) is 13.8 Å². The molecule has 2 aromatic rings. The van der Waals surface area contributed by atoms with Gasteiger partial charge in [-0.25, -0.2) is 15.0 Å². The maximum absolute atomic E-state index is 13.2. The van der Waals surface area contributed by atoms with Crippen molar-refractivity contribution in [3.05, 3.63) is 22.5 Å². The number of nitrogens with one attached hydrogen (secondary N) is 1. The number of alkyl halides is 3. The SMILES string of the molecule is COc1ncnc(OC)c1C(=O)Nc1nc(C(F)(F)F)c(C(C)(C)O)s1. The van der Waals surface area contributed by atoms with E-state index in [1.165, 1.54) is 28.1 Å². The van der Waals surface area contributed by atoms with Crippen molar-refractivity contribution >= 4 is 22.4 Å². The van der Waals surface area contributed by atoms with E-state index in [9.17, 15) is 23.1 Å². The van der Waals surface area contributed by atoms with E-state index in [4.69, 9.17) is 9.47 Å². The molecule has 0 saturated carbocycles. The average molecular weight is 392 g/mol. The third-order valence-electron chi connectivity index (χ3n) is 3.06. The van der Waals surface area contributed by atoms with E-state index in [-0.39, 0.29) is 22.5 Å². The van der Waals surface area contributed by atoms with Crippen LogP contribution < -0.4 is 14.8 Å². The van der Waals surface area contributed by atoms with Crippen LogP contribution in [-0.2, 0) is 11.8 Å². The van der Waals surface area contributed by atoms with Crippen LogP contribution in [0.4, 0.5) is 18.3 Å². The fourth-order valence-electron chi connectivity index (χ4n) is 2.00. The lowest BCUT2D eigenvalue weighted by Gasteiger charge is -2.17. The largest absolute Gasteiger partial charge is 0.480 e. The van der Waals surface area contributed by atoms with Crippen LogP contribution in [0, 0.1) is 0 Å². The van der Waals surface area contributed by atoms with Crippen LogP contribution in [0.1, 0.15) is 34.8 Å². The molecule has 2 aromatic heterocycles. The van der Waals surface area contributed by atoms with Gasteiger partial charge >= 0.3 is 6.18 Å². The molecule has 2 heterocycles. The van der Waals surface area contributed by atoms with E-state index in [0.29, 0.717) is 11.3 Å². The number of carbonyl (C=O) groups excluding carboxylic acids is 1. The number of methoxy groups -OCH3 is 2. The smallest absolute Gasteiger partial charge is 0.434 e. The maximum atomic E-state index is 13.2. The summed E-state index contributed by atoms with van der Waals surface area (Å²) in [7, 11) is 2.52. The first kappa shape index (κ1) is 19.8. The molecular formula is C14H15F3N4O4S. The van der Waals surface area contributed by atoms with Crippen LogP contribution in [0.15, 0.2) is 6.33 Å². The van der Waals surface area contributed by atoms with E-state index in [0.717, 1.165) is 6.33 Å². The number of aromatic nitrogens is 3. The van der Waals surface area contributed by atoms with E-state index >= 15 is 0 Å². The van der Waals surface area contributed by atoms with Gasteiger partial charge < -0.3 is 14.6 Å². The number of halogens is 3. The molecule has 0 aliphatic rings. The van der Waals surface area contributed by atoms with Gasteiger partial charge in [-0.15, -0.1) is 0 Å². The van der Waals surface area contributed by atoms with Crippen molar-refractivity contribution in [3.8, 4) is 11.8 Å². The highest BCUT2D eigenvalue weighted by atomic mass is 32.1. The van der Waals surface area contributed by atoms with Crippen LogP contribution in [0.25, 0.3) is 0 Å². The third kappa shape index (κ3) is 4.02. The summed E-state index contributed by atoms with van der Waals surface area (Å²) in [5, 5.41) is 11.8. The number of carbonyl (C=O) groups is 1. The van der Waals surface area contributed by atoms with Gasteiger partial charge in [0.2, 0.25) is 11.8 Å². The lowest BCUT2D eigenvalue weighted by atomic mass is 10.1. The van der Waals surface area contributed by atoms with Crippen molar-refractivity contribution in [2.24, 2.45) is 0 Å². The number of anilines is 1. The first-order chi connectivity index (χ1) is 12.0. The Labute approximate surface area is 150 Å². The molecule has 0 fully saturated rings. The molecule has 0 bridgehead atoms. The van der Waals surface area contributed by atoms with Gasteiger partial charge in [0.05, 0.1) is 24.7 Å². The Morgan fingerprint density at radius 2 is 1.73 bits per heavy atom. The van der Waals surface area contributed by atoms with Crippen molar-refractivity contribution in [3.63, 3.8) is 0 Å². The molecule has 142 valence electrons. The molecule has 0 atom stereocenters. The van der Waals surface area contributed by atoms with Crippen molar-refractivity contribution in [2.45, 2.75) is 25.6 Å². The summed E-state index contributed by atoms with van der Waals surface area (Å²) in [6.07, 6.45) is -3.69. The standard InChI is InChI=1S/C14H15F3N4O4S/c1-13(2,23)8-7(14(15,16)17)20-12(26-8)21-9(22)6-10(24-3)18-5-19-11(6)25-4/h5,23H,1-4H3,(H,20,21,22). The summed E-state index contributed by atoms with van der Waals surface area (Å²) in [4.78, 5) is 23.0. The molecule has 2 N–H and O–H groups in total. The van der Waals surface area contributed by atoms with Crippen LogP contribution in [-0.4, -0.2) is 40.2 Å². The predicted octanol–water partition coefficient (Wildman–Crippen LogP) is 2.45. The highest BCUT2D eigenvalue weighted by Gasteiger charge is 2.41. The quantitative estimate of drug-likeness (QED) is 0.805. The second kappa shape index (κ2) is 7.03. The number of hydrogen-bond acceptors (Lipinski definition) is 8. The number of amides is 1. The summed E-state index contributed by atoms with van der Waals surface area (Å²) in [6.45, 7) is 2.39. The zero-order valence-electron chi connectivity index (χ0n) is 14.1. The Morgan fingerprint density at radius 1 is 1.19 bits per heavy atom. The Morgan fingerprint density at radius 3 is 2.12 bits per heavy atom. The first-order valence-electron chi connectivity index (χ1n) is 7.04. The van der Waals surface area contributed by atoms with Crippen LogP contribution in [0.3, 0.4) is 0 Å². The molecule has 26 heavy (non-hydrogen) atoms. The minimum atomic E-state index is -4.79. The normalized spacial score (nSPS) is 12.0. The summed E-state index contributed by atoms with van der Waals surface area (Å²) >= 11 is 0.508. The number of hydrogen-bond donors (Lipinski definition) is 2. The van der Waals surface area contributed by atoms with E-state index < -0.39 is 28.3 Å². The minimum Gasteiger partial charge on any atom is -0.480 e. The Kier molecular flexibility index (Phi) is 5.37. The molecule has 12 heteroatoms. The molecule has 0 aliphatic carbocycles. The molecule has 0 spiro atoms. The fourth-order valence-corrected chi connectivity index (χ4v) is 2.98. The fraction of sp³-hybridized carbons (Fsp3) is 0.429. The molecule has 1 amide bonds. The number of aliphatic hydroxyl groups is 1. The second-order valence-corrected chi connectivity index (χ2v) is 6.47. The summed E-state index contributed by atoms with van der Waals surface area (Å²) in [5.41, 5.74) is -3.27. The number of nitrogens with zero attached hydrogens (tertiary/aromatic N) is 3. The molecular weight excluding hydrogens is 377 g/mol. The van der Waals surface area contributed by atoms with Gasteiger partial charge in [0, 0.05) is 0 Å². The van der Waals surface area contributed by atoms with Gasteiger partial charge in [-0.3, -0.25) is 10.1 Å². The Bertz CT molecular complexity index is 764. The molecule has 0 aliphatic heterocycles. The summed E-state index contributed by atoms with van der Waals surface area (Å²) in [5.74, 6) is -1.11. The van der Waals surface area contributed by atoms with Crippen molar-refractivity contribution in [1.29, 1.82) is 0 Å². The third-order valence-corrected chi connectivity index (χ3v) is 4.35. The van der Waals surface area contributed by atoms with Crippen molar-refractivity contribution in [2.75, 3.05) is 19.5 Å². The van der Waals surface area contributed by atoms with E-state index in [2.05, 4.69) is 20.3 Å². The number of rotatable bonds is 5. The van der Waals surface area contributed by atoms with Gasteiger partial charge in [-0.2, -0.15) is 13.2 Å². The molecule has 2 rings (SSSR count). The molecule has 0 radical (unpaired) electrons. The van der Waals surface area contributed by atoms with Crippen LogP contribution >= 0.6 is 11.3 Å². The van der Waals surface area contributed by atoms with E-state index in [1.54, 1.807) is 0 Å². The second-order valence-electron chi connectivity index (χ2n) is 5.47. The number of thiazole rings is 1. The summed E-state index contributed by atoms with van der Waals surface area (Å²) < 4.78 is 49.4. The van der Waals surface area contributed by atoms with Crippen LogP contribution in [0.2, 0.25) is 0 Å². The molecule has 0 aromatic carbocycles. The Balaban J connectivity index is 2.44. The minimum absolute atomic E-state index is 0.121. The van der Waals surface area contributed by atoms with Crippen LogP contribution in [0.5, 0.6) is 11.8 Å². The summed E-state index contributed by atoms with van der Waals surface area (Å²) in [6, 6.07) is 0. The van der Waals surface area contributed by atoms with E-state index in [1.807, 2.05) is 0 Å². The maximum Gasteiger partial charge on any atom is 0.434 e. The molecule has 0 unspecified atom stereocenters. The zero-order valence-corrected chi connectivity index (χ0v) is 14.9. The first-order valence-corrected chi connectivity index (χ1v) is 7.85. The highest BCUT2D eigenvalue weighted by molar-refractivity contribution is 7.16. The zero-order chi connectivity index (χ0) is 19.7. The van der Waals surface area contributed by atoms with Gasteiger partial charge in [0.1, 0.15) is 6.33 Å². The van der Waals surface area contributed by atoms with Gasteiger partial charge in [-0.1, -0.05) is 11.3 Å². The topological polar surface area (TPSA) is 106 Å². The predicted molar refractivity (Wildman–Crippen MR) is 85.5 cm³/mol. The Hall–Kier alpha value is -2.47. The highest BCUT2D eigenvalue weighted by Crippen LogP contribution is 2.41. The molecule has 0 saturated heterocycles. The monoisotopic (exact) mass is 392 g/mol. The molecule has 8 nitrogen and oxygen atoms in total. The average Bonchev–Trinajstić information content (AvgIpc) is 2.98. The van der Waals surface area contributed by atoms with Crippen molar-refractivity contribution in [1.82, 2.24) is 15.0 Å². The van der Waals surface area contributed by atoms with Gasteiger partial charge in [0.25, 0.3) is 5.91 Å². The lowest BCUT2D eigenvalue weighted by Crippen LogP contribution is -2.20. The lowest BCUT2D eigenvalue weighted by molar-refractivity contribution is -0.143. The van der Waals surface area contributed by atoms with Crippen molar-refractivity contribution < 1.29 is 32.5 Å². The van der Waals surface area contributed by atoms with Gasteiger partial charge in [0.15, 0.2) is 16.4 Å².